The van der Waals surface area contributed by atoms with E-state index in [1.807, 2.05) is 0 Å². The van der Waals surface area contributed by atoms with Crippen LogP contribution in [0, 0.1) is 0 Å². The lowest BCUT2D eigenvalue weighted by molar-refractivity contribution is -0.159. The predicted octanol–water partition coefficient (Wildman–Crippen LogP) is 3.34. The zero-order valence-corrected chi connectivity index (χ0v) is 15.5. The summed E-state index contributed by atoms with van der Waals surface area (Å²) in [4.78, 5) is 30.6. The maximum absolute atomic E-state index is 12.6. The monoisotopic (exact) mass is 422 g/mol. The van der Waals surface area contributed by atoms with Gasteiger partial charge in [0.2, 0.25) is 5.82 Å². The number of amides is 2. The zero-order valence-electron chi connectivity index (χ0n) is 14.7. The summed E-state index contributed by atoms with van der Waals surface area (Å²) in [5.74, 6) is -2.98. The summed E-state index contributed by atoms with van der Waals surface area (Å²) in [6.07, 6.45) is -4.24. The molecule has 0 saturated carbocycles. The number of halogens is 3. The van der Waals surface area contributed by atoms with Gasteiger partial charge in [0.25, 0.3) is 0 Å². The Morgan fingerprint density at radius 2 is 1.97 bits per heavy atom. The second kappa shape index (κ2) is 7.32. The van der Waals surface area contributed by atoms with E-state index in [1.165, 1.54) is 16.2 Å². The van der Waals surface area contributed by atoms with E-state index >= 15 is 0 Å². The number of carbonyl (C=O) groups is 2. The van der Waals surface area contributed by atoms with Gasteiger partial charge in [-0.3, -0.25) is 9.59 Å². The molecule has 0 radical (unpaired) electrons. The van der Waals surface area contributed by atoms with Crippen molar-refractivity contribution in [1.29, 1.82) is 0 Å². The van der Waals surface area contributed by atoms with Crippen molar-refractivity contribution in [2.45, 2.75) is 19.1 Å². The van der Waals surface area contributed by atoms with Gasteiger partial charge in [-0.05, 0) is 30.2 Å². The van der Waals surface area contributed by atoms with Crippen LogP contribution in [0.15, 0.2) is 40.9 Å². The van der Waals surface area contributed by atoms with Gasteiger partial charge < -0.3 is 14.7 Å². The second-order valence-corrected chi connectivity index (χ2v) is 7.41. The fourth-order valence-corrected chi connectivity index (χ4v) is 4.04. The van der Waals surface area contributed by atoms with E-state index in [-0.39, 0.29) is 12.4 Å². The first kappa shape index (κ1) is 19.1. The van der Waals surface area contributed by atoms with Gasteiger partial charge in [-0.2, -0.15) is 18.2 Å². The van der Waals surface area contributed by atoms with E-state index in [1.54, 1.807) is 36.4 Å². The minimum absolute atomic E-state index is 0.156. The Hall–Kier alpha value is -3.21. The number of aromatic nitrogens is 2. The number of rotatable bonds is 2. The van der Waals surface area contributed by atoms with Crippen LogP contribution in [0.3, 0.4) is 0 Å². The van der Waals surface area contributed by atoms with Crippen molar-refractivity contribution in [2.75, 3.05) is 11.9 Å². The Morgan fingerprint density at radius 3 is 2.66 bits per heavy atom. The van der Waals surface area contributed by atoms with Crippen molar-refractivity contribution in [1.82, 2.24) is 15.0 Å². The number of thiophene rings is 1. The first-order chi connectivity index (χ1) is 13.8. The Kier molecular flexibility index (Phi) is 4.82. The van der Waals surface area contributed by atoms with E-state index in [9.17, 15) is 22.8 Å². The molecule has 0 bridgehead atoms. The van der Waals surface area contributed by atoms with Gasteiger partial charge in [0.1, 0.15) is 0 Å². The molecule has 1 aliphatic rings. The fraction of sp³-hybridized carbons (Fsp3) is 0.222. The highest BCUT2D eigenvalue weighted by Crippen LogP contribution is 2.35. The van der Waals surface area contributed by atoms with Crippen LogP contribution in [-0.4, -0.2) is 33.4 Å². The minimum atomic E-state index is -4.71. The number of hydrogen-bond donors (Lipinski definition) is 1. The molecule has 0 aliphatic carbocycles. The molecule has 11 heteroatoms. The van der Waals surface area contributed by atoms with Crippen molar-refractivity contribution in [3.05, 3.63) is 52.7 Å². The summed E-state index contributed by atoms with van der Waals surface area (Å²) in [6.45, 7) is 0.509. The van der Waals surface area contributed by atoms with E-state index in [4.69, 9.17) is 0 Å². The van der Waals surface area contributed by atoms with Gasteiger partial charge in [-0.15, -0.1) is 11.3 Å². The smallest absolute Gasteiger partial charge is 0.329 e. The van der Waals surface area contributed by atoms with E-state index in [2.05, 4.69) is 20.0 Å². The average Bonchev–Trinajstić information content (AvgIpc) is 3.34. The number of nitrogens with one attached hydrogen (secondary N) is 1. The lowest BCUT2D eigenvalue weighted by atomic mass is 10.1. The van der Waals surface area contributed by atoms with Crippen LogP contribution in [0.4, 0.5) is 18.9 Å². The summed E-state index contributed by atoms with van der Waals surface area (Å²) in [7, 11) is 0. The molecule has 1 aliphatic heterocycles. The maximum atomic E-state index is 12.6. The predicted molar refractivity (Wildman–Crippen MR) is 96.8 cm³/mol. The molecule has 3 heterocycles. The van der Waals surface area contributed by atoms with Crippen LogP contribution in [0.2, 0.25) is 0 Å². The molecule has 150 valence electrons. The molecule has 29 heavy (non-hydrogen) atoms. The standard InChI is InChI=1S/C18H13F3N4O3S/c19-18(20,21)17-23-14(24-28-17)12-8-10-6-7-25(9-13(10)29-12)16(27)15(26)22-11-4-2-1-3-5-11/h1-5,8H,6-7,9H2,(H,22,26). The third kappa shape index (κ3) is 3.99. The topological polar surface area (TPSA) is 88.3 Å². The number of benzene rings is 1. The number of nitrogens with zero attached hydrogens (tertiary/aromatic N) is 3. The normalized spacial score (nSPS) is 13.8. The SMILES string of the molecule is O=C(Nc1ccccc1)C(=O)N1CCc2cc(-c3noc(C(F)(F)F)n3)sc2C1. The van der Waals surface area contributed by atoms with Gasteiger partial charge in [0.05, 0.1) is 11.4 Å². The molecule has 1 N–H and O–H groups in total. The third-order valence-corrected chi connectivity index (χ3v) is 5.44. The first-order valence-corrected chi connectivity index (χ1v) is 9.31. The summed E-state index contributed by atoms with van der Waals surface area (Å²) < 4.78 is 42.2. The molecule has 7 nitrogen and oxygen atoms in total. The van der Waals surface area contributed by atoms with Crippen LogP contribution in [0.5, 0.6) is 0 Å². The summed E-state index contributed by atoms with van der Waals surface area (Å²) in [6, 6.07) is 10.3. The van der Waals surface area contributed by atoms with E-state index in [0.717, 1.165) is 10.4 Å². The molecule has 0 unspecified atom stereocenters. The van der Waals surface area contributed by atoms with Crippen molar-refractivity contribution in [3.63, 3.8) is 0 Å². The molecule has 2 amide bonds. The Balaban J connectivity index is 1.47. The van der Waals surface area contributed by atoms with Gasteiger partial charge >= 0.3 is 23.9 Å². The van der Waals surface area contributed by atoms with Gasteiger partial charge in [0.15, 0.2) is 0 Å². The van der Waals surface area contributed by atoms with Crippen LogP contribution in [-0.2, 0) is 28.7 Å². The number of fused-ring (bicyclic) bond motifs is 1. The quantitative estimate of drug-likeness (QED) is 0.640. The molecule has 3 aromatic rings. The number of para-hydroxylation sites is 1. The summed E-state index contributed by atoms with van der Waals surface area (Å²) in [5, 5.41) is 5.93. The molecule has 0 spiro atoms. The molecule has 1 aromatic carbocycles. The number of hydrogen-bond acceptors (Lipinski definition) is 6. The minimum Gasteiger partial charge on any atom is -0.329 e. The van der Waals surface area contributed by atoms with Crippen LogP contribution in [0.1, 0.15) is 16.3 Å². The molecular weight excluding hydrogens is 409 g/mol. The Morgan fingerprint density at radius 1 is 1.21 bits per heavy atom. The van der Waals surface area contributed by atoms with Crippen molar-refractivity contribution in [2.24, 2.45) is 0 Å². The van der Waals surface area contributed by atoms with Crippen molar-refractivity contribution < 1.29 is 27.3 Å². The summed E-state index contributed by atoms with van der Waals surface area (Å²) >= 11 is 1.17. The number of anilines is 1. The van der Waals surface area contributed by atoms with Crippen LogP contribution in [0.25, 0.3) is 10.7 Å². The van der Waals surface area contributed by atoms with Crippen LogP contribution < -0.4 is 5.32 Å². The molecule has 0 saturated heterocycles. The van der Waals surface area contributed by atoms with E-state index < -0.39 is 23.9 Å². The highest BCUT2D eigenvalue weighted by atomic mass is 32.1. The third-order valence-electron chi connectivity index (χ3n) is 4.28. The maximum Gasteiger partial charge on any atom is 0.471 e. The highest BCUT2D eigenvalue weighted by Gasteiger charge is 2.39. The molecule has 0 fully saturated rings. The highest BCUT2D eigenvalue weighted by molar-refractivity contribution is 7.15. The second-order valence-electron chi connectivity index (χ2n) is 6.28. The molecule has 4 rings (SSSR count). The van der Waals surface area contributed by atoms with Gasteiger partial charge in [0, 0.05) is 17.1 Å². The fourth-order valence-electron chi connectivity index (χ4n) is 2.89. The molecule has 2 aromatic heterocycles. The average molecular weight is 422 g/mol. The number of alkyl halides is 3. The van der Waals surface area contributed by atoms with Crippen molar-refractivity contribution >= 4 is 28.8 Å². The molecule has 0 atom stereocenters. The Labute approximate surface area is 166 Å². The zero-order chi connectivity index (χ0) is 20.6. The lowest BCUT2D eigenvalue weighted by Gasteiger charge is -2.26. The number of carbonyl (C=O) groups excluding carboxylic acids is 2. The summed E-state index contributed by atoms with van der Waals surface area (Å²) in [5.41, 5.74) is 1.40. The van der Waals surface area contributed by atoms with Gasteiger partial charge in [-0.25, -0.2) is 0 Å². The van der Waals surface area contributed by atoms with E-state index in [0.29, 0.717) is 23.5 Å². The lowest BCUT2D eigenvalue weighted by Crippen LogP contribution is -2.42. The largest absolute Gasteiger partial charge is 0.471 e. The molecular formula is C18H13F3N4O3S. The van der Waals surface area contributed by atoms with Crippen molar-refractivity contribution in [3.8, 4) is 10.7 Å². The first-order valence-electron chi connectivity index (χ1n) is 8.49. The van der Waals surface area contributed by atoms with Gasteiger partial charge in [-0.1, -0.05) is 23.4 Å². The van der Waals surface area contributed by atoms with Crippen LogP contribution >= 0.6 is 11.3 Å². The Bertz CT molecular complexity index is 1060.